The van der Waals surface area contributed by atoms with Gasteiger partial charge in [0.25, 0.3) is 0 Å². The van der Waals surface area contributed by atoms with Crippen molar-refractivity contribution in [1.29, 1.82) is 0 Å². The lowest BCUT2D eigenvalue weighted by atomic mass is 9.81. The van der Waals surface area contributed by atoms with Crippen molar-refractivity contribution in [2.45, 2.75) is 64.2 Å². The Labute approximate surface area is 99.8 Å². The monoisotopic (exact) mass is 229 g/mol. The van der Waals surface area contributed by atoms with Crippen molar-refractivity contribution in [1.82, 2.24) is 5.32 Å². The van der Waals surface area contributed by atoms with E-state index in [0.717, 1.165) is 23.8 Å². The van der Waals surface area contributed by atoms with Crippen LogP contribution in [0.5, 0.6) is 0 Å². The van der Waals surface area contributed by atoms with Crippen LogP contribution in [-0.4, -0.2) is 23.6 Å². The maximum atomic E-state index is 3.64. The van der Waals surface area contributed by atoms with Gasteiger partial charge in [-0.1, -0.05) is 40.0 Å². The Bertz CT molecular complexity index is 157. The fourth-order valence-electron chi connectivity index (χ4n) is 2.03. The predicted molar refractivity (Wildman–Crippen MR) is 71.6 cm³/mol. The summed E-state index contributed by atoms with van der Waals surface area (Å²) in [5, 5.41) is 4.47. The molecular formula is C13H27NS. The van der Waals surface area contributed by atoms with E-state index in [2.05, 4.69) is 37.8 Å². The van der Waals surface area contributed by atoms with E-state index in [9.17, 15) is 0 Å². The van der Waals surface area contributed by atoms with Gasteiger partial charge in [-0.05, 0) is 25.3 Å². The molecule has 1 aliphatic rings. The first-order valence-corrected chi connectivity index (χ1v) is 7.66. The average molecular weight is 229 g/mol. The van der Waals surface area contributed by atoms with E-state index in [0.29, 0.717) is 0 Å². The third-order valence-corrected chi connectivity index (χ3v) is 4.99. The fourth-order valence-corrected chi connectivity index (χ4v) is 3.08. The summed E-state index contributed by atoms with van der Waals surface area (Å²) >= 11 is 2.14. The Morgan fingerprint density at radius 3 is 2.53 bits per heavy atom. The third-order valence-electron chi connectivity index (χ3n) is 3.49. The van der Waals surface area contributed by atoms with E-state index < -0.39 is 0 Å². The Hall–Kier alpha value is 0.310. The van der Waals surface area contributed by atoms with Gasteiger partial charge < -0.3 is 5.32 Å². The maximum absolute atomic E-state index is 3.64. The van der Waals surface area contributed by atoms with Crippen LogP contribution < -0.4 is 5.32 Å². The summed E-state index contributed by atoms with van der Waals surface area (Å²) in [6, 6.07) is 0.763. The Balaban J connectivity index is 2.16. The molecule has 15 heavy (non-hydrogen) atoms. The topological polar surface area (TPSA) is 12.0 Å². The number of hydrogen-bond acceptors (Lipinski definition) is 2. The first-order valence-electron chi connectivity index (χ1n) is 6.61. The fraction of sp³-hybridized carbons (Fsp3) is 1.00. The van der Waals surface area contributed by atoms with Crippen LogP contribution in [0.1, 0.15) is 52.9 Å². The summed E-state index contributed by atoms with van der Waals surface area (Å²) in [5.74, 6) is 2.34. The second-order valence-electron chi connectivity index (χ2n) is 4.84. The molecule has 2 atom stereocenters. The highest BCUT2D eigenvalue weighted by Gasteiger charge is 2.21. The zero-order chi connectivity index (χ0) is 11.1. The van der Waals surface area contributed by atoms with Crippen molar-refractivity contribution < 1.29 is 0 Å². The molecule has 2 unspecified atom stereocenters. The van der Waals surface area contributed by atoms with Crippen molar-refractivity contribution in [3.63, 3.8) is 0 Å². The van der Waals surface area contributed by atoms with Crippen molar-refractivity contribution in [3.8, 4) is 0 Å². The first-order chi connectivity index (χ1) is 7.26. The van der Waals surface area contributed by atoms with Crippen molar-refractivity contribution in [2.75, 3.05) is 12.3 Å². The van der Waals surface area contributed by atoms with Gasteiger partial charge >= 0.3 is 0 Å². The summed E-state index contributed by atoms with van der Waals surface area (Å²) in [4.78, 5) is 0. The van der Waals surface area contributed by atoms with E-state index in [1.54, 1.807) is 0 Å². The minimum atomic E-state index is 0.763. The largest absolute Gasteiger partial charge is 0.313 e. The van der Waals surface area contributed by atoms with Crippen LogP contribution in [0.15, 0.2) is 0 Å². The molecule has 0 aromatic carbocycles. The molecule has 0 aromatic heterocycles. The van der Waals surface area contributed by atoms with Crippen LogP contribution >= 0.6 is 11.8 Å². The molecule has 0 radical (unpaired) electrons. The van der Waals surface area contributed by atoms with Gasteiger partial charge in [-0.2, -0.15) is 11.8 Å². The summed E-state index contributed by atoms with van der Waals surface area (Å²) in [5.41, 5.74) is 0. The molecule has 90 valence electrons. The van der Waals surface area contributed by atoms with E-state index in [4.69, 9.17) is 0 Å². The molecule has 1 N–H and O–H groups in total. The second kappa shape index (κ2) is 7.56. The van der Waals surface area contributed by atoms with Crippen LogP contribution in [0.2, 0.25) is 0 Å². The molecule has 0 bridgehead atoms. The minimum Gasteiger partial charge on any atom is -0.313 e. The highest BCUT2D eigenvalue weighted by molar-refractivity contribution is 7.99. The lowest BCUT2D eigenvalue weighted by Gasteiger charge is -2.30. The number of hydrogen-bond donors (Lipinski definition) is 1. The standard InChI is InChI=1S/C13H27NS/c1-4-11(3)15-10-13(14-5-2)9-12-7-6-8-12/h11-14H,4-10H2,1-3H3. The zero-order valence-corrected chi connectivity index (χ0v) is 11.4. The Morgan fingerprint density at radius 2 is 2.07 bits per heavy atom. The summed E-state index contributed by atoms with van der Waals surface area (Å²) < 4.78 is 0. The summed E-state index contributed by atoms with van der Waals surface area (Å²) in [6.07, 6.45) is 7.15. The molecule has 0 spiro atoms. The quantitative estimate of drug-likeness (QED) is 0.681. The zero-order valence-electron chi connectivity index (χ0n) is 10.6. The number of nitrogens with one attached hydrogen (secondary N) is 1. The van der Waals surface area contributed by atoms with Crippen molar-refractivity contribution in [3.05, 3.63) is 0 Å². The second-order valence-corrected chi connectivity index (χ2v) is 6.31. The molecule has 0 amide bonds. The minimum absolute atomic E-state index is 0.763. The molecule has 1 saturated carbocycles. The number of thioether (sulfide) groups is 1. The summed E-state index contributed by atoms with van der Waals surface area (Å²) in [7, 11) is 0. The van der Waals surface area contributed by atoms with Crippen LogP contribution in [0, 0.1) is 5.92 Å². The van der Waals surface area contributed by atoms with E-state index in [-0.39, 0.29) is 0 Å². The lowest BCUT2D eigenvalue weighted by molar-refractivity contribution is 0.269. The van der Waals surface area contributed by atoms with Gasteiger partial charge in [-0.3, -0.25) is 0 Å². The van der Waals surface area contributed by atoms with Crippen molar-refractivity contribution in [2.24, 2.45) is 5.92 Å². The van der Waals surface area contributed by atoms with E-state index in [1.165, 1.54) is 37.9 Å². The molecule has 1 rings (SSSR count). The molecule has 1 fully saturated rings. The molecule has 1 nitrogen and oxygen atoms in total. The van der Waals surface area contributed by atoms with E-state index in [1.807, 2.05) is 0 Å². The maximum Gasteiger partial charge on any atom is 0.0160 e. The highest BCUT2D eigenvalue weighted by atomic mass is 32.2. The smallest absolute Gasteiger partial charge is 0.0160 e. The Kier molecular flexibility index (Phi) is 6.74. The predicted octanol–water partition coefficient (Wildman–Crippen LogP) is 3.69. The summed E-state index contributed by atoms with van der Waals surface area (Å²) in [6.45, 7) is 7.98. The van der Waals surface area contributed by atoms with Gasteiger partial charge in [0.1, 0.15) is 0 Å². The molecule has 0 aromatic rings. The highest BCUT2D eigenvalue weighted by Crippen LogP contribution is 2.31. The van der Waals surface area contributed by atoms with Gasteiger partial charge in [0.15, 0.2) is 0 Å². The normalized spacial score (nSPS) is 21.0. The molecule has 0 heterocycles. The van der Waals surface area contributed by atoms with E-state index >= 15 is 0 Å². The van der Waals surface area contributed by atoms with Gasteiger partial charge in [-0.15, -0.1) is 0 Å². The molecule has 0 aliphatic heterocycles. The molecule has 2 heteroatoms. The van der Waals surface area contributed by atoms with Gasteiger partial charge in [-0.25, -0.2) is 0 Å². The average Bonchev–Trinajstić information content (AvgIpc) is 2.19. The third kappa shape index (κ3) is 5.26. The van der Waals surface area contributed by atoms with Crippen molar-refractivity contribution >= 4 is 11.8 Å². The molecular weight excluding hydrogens is 202 g/mol. The van der Waals surface area contributed by atoms with Crippen LogP contribution in [-0.2, 0) is 0 Å². The lowest BCUT2D eigenvalue weighted by Crippen LogP contribution is -2.35. The SMILES string of the molecule is CCNC(CSC(C)CC)CC1CCC1. The van der Waals surface area contributed by atoms with Gasteiger partial charge in [0, 0.05) is 17.0 Å². The molecule has 1 aliphatic carbocycles. The first kappa shape index (κ1) is 13.4. The van der Waals surface area contributed by atoms with Gasteiger partial charge in [0.05, 0.1) is 0 Å². The van der Waals surface area contributed by atoms with Crippen LogP contribution in [0.3, 0.4) is 0 Å². The van der Waals surface area contributed by atoms with Crippen LogP contribution in [0.25, 0.3) is 0 Å². The molecule has 0 saturated heterocycles. The number of rotatable bonds is 8. The van der Waals surface area contributed by atoms with Crippen LogP contribution in [0.4, 0.5) is 0 Å². The Morgan fingerprint density at radius 1 is 1.33 bits per heavy atom. The van der Waals surface area contributed by atoms with Gasteiger partial charge in [0.2, 0.25) is 0 Å².